The number of rotatable bonds is 19. The molecule has 3 rings (SSSR count). The first-order valence-electron chi connectivity index (χ1n) is 15.7. The molecule has 7 nitrogen and oxygen atoms in total. The lowest BCUT2D eigenvalue weighted by Gasteiger charge is -2.32. The van der Waals surface area contributed by atoms with Crippen LogP contribution in [0.3, 0.4) is 0 Å². The predicted octanol–water partition coefficient (Wildman–Crippen LogP) is 6.00. The van der Waals surface area contributed by atoms with Crippen LogP contribution < -0.4 is 10.6 Å². The van der Waals surface area contributed by atoms with Crippen LogP contribution in [0.25, 0.3) is 10.8 Å². The third-order valence-corrected chi connectivity index (χ3v) is 8.81. The second kappa shape index (κ2) is 19.1. The number of esters is 1. The number of amides is 2. The summed E-state index contributed by atoms with van der Waals surface area (Å²) in [4.78, 5) is 41.0. The lowest BCUT2D eigenvalue weighted by molar-refractivity contribution is -0.145. The molecule has 2 amide bonds. The van der Waals surface area contributed by atoms with Crippen molar-refractivity contribution < 1.29 is 19.1 Å². The van der Waals surface area contributed by atoms with Gasteiger partial charge in [0, 0.05) is 25.6 Å². The first kappa shape index (κ1) is 35.1. The summed E-state index contributed by atoms with van der Waals surface area (Å²) < 4.78 is 4.95. The summed E-state index contributed by atoms with van der Waals surface area (Å²) in [5.74, 6) is 0.307. The Morgan fingerprint density at radius 3 is 2.36 bits per heavy atom. The Balaban J connectivity index is 1.73. The second-order valence-electron chi connectivity index (χ2n) is 11.5. The predicted molar refractivity (Wildman–Crippen MR) is 182 cm³/mol. The van der Waals surface area contributed by atoms with Crippen LogP contribution in [-0.2, 0) is 32.1 Å². The number of benzene rings is 3. The molecule has 3 aromatic rings. The molecule has 8 heteroatoms. The molecule has 2 N–H and O–H groups in total. The third kappa shape index (κ3) is 11.6. The molecular formula is C36H49N3O4S. The van der Waals surface area contributed by atoms with Crippen LogP contribution >= 0.6 is 11.8 Å². The number of fused-ring (bicyclic) bond motifs is 1. The van der Waals surface area contributed by atoms with Gasteiger partial charge in [-0.15, -0.1) is 0 Å². The van der Waals surface area contributed by atoms with Crippen molar-refractivity contribution >= 4 is 40.3 Å². The van der Waals surface area contributed by atoms with Crippen LogP contribution in [0, 0.1) is 5.92 Å². The number of thioether (sulfide) groups is 1. The number of nitrogens with zero attached hydrogens (tertiary/aromatic N) is 1. The summed E-state index contributed by atoms with van der Waals surface area (Å²) in [7, 11) is 1.34. The summed E-state index contributed by atoms with van der Waals surface area (Å²) in [6.07, 6.45) is 6.57. The van der Waals surface area contributed by atoms with Crippen molar-refractivity contribution in [3.63, 3.8) is 0 Å². The maximum absolute atomic E-state index is 13.4. The van der Waals surface area contributed by atoms with Gasteiger partial charge in [0.2, 0.25) is 11.8 Å². The van der Waals surface area contributed by atoms with Crippen molar-refractivity contribution in [3.8, 4) is 0 Å². The zero-order valence-electron chi connectivity index (χ0n) is 26.7. The normalized spacial score (nSPS) is 13.3. The molecule has 3 aromatic carbocycles. The fourth-order valence-electron chi connectivity index (χ4n) is 5.40. The Hall–Kier alpha value is -3.36. The van der Waals surface area contributed by atoms with Crippen molar-refractivity contribution in [2.45, 2.75) is 71.0 Å². The molecule has 0 aliphatic heterocycles. The smallest absolute Gasteiger partial charge is 0.328 e. The molecule has 0 spiro atoms. The number of carbonyl (C=O) groups is 3. The highest BCUT2D eigenvalue weighted by molar-refractivity contribution is 7.98. The Labute approximate surface area is 267 Å². The summed E-state index contributed by atoms with van der Waals surface area (Å²) in [6, 6.07) is 24.0. The van der Waals surface area contributed by atoms with E-state index in [0.29, 0.717) is 25.9 Å². The average Bonchev–Trinajstić information content (AvgIpc) is 3.04. The Morgan fingerprint density at radius 1 is 0.909 bits per heavy atom. The van der Waals surface area contributed by atoms with Gasteiger partial charge in [-0.2, -0.15) is 11.8 Å². The van der Waals surface area contributed by atoms with Gasteiger partial charge < -0.3 is 15.4 Å². The highest BCUT2D eigenvalue weighted by atomic mass is 32.2. The van der Waals surface area contributed by atoms with E-state index in [1.165, 1.54) is 12.7 Å². The number of hydrogen-bond donors (Lipinski definition) is 2. The Bertz CT molecular complexity index is 1310. The van der Waals surface area contributed by atoms with E-state index in [1.54, 1.807) is 11.8 Å². The quantitative estimate of drug-likeness (QED) is 0.127. The number of ether oxygens (including phenoxy) is 1. The number of unbranched alkanes of at least 4 members (excludes halogenated alkanes) is 1. The number of aryl methyl sites for hydroxylation is 1. The van der Waals surface area contributed by atoms with E-state index >= 15 is 0 Å². The second-order valence-corrected chi connectivity index (χ2v) is 12.5. The summed E-state index contributed by atoms with van der Waals surface area (Å²) >= 11 is 1.62. The van der Waals surface area contributed by atoms with E-state index in [-0.39, 0.29) is 30.3 Å². The number of carbonyl (C=O) groups excluding carboxylic acids is 3. The van der Waals surface area contributed by atoms with Gasteiger partial charge in [0.1, 0.15) is 6.04 Å². The van der Waals surface area contributed by atoms with Crippen molar-refractivity contribution in [1.82, 2.24) is 15.5 Å². The van der Waals surface area contributed by atoms with E-state index in [0.717, 1.165) is 47.8 Å². The molecule has 3 atom stereocenters. The standard InChI is InChI=1S/C36H49N3O4S/c1-5-27(2)33(38-34(40)21-12-9-16-28-14-7-6-8-15-28)25-39(24-30-19-13-18-29-17-10-11-20-31(29)30)26-35(41)37-32(22-23-44-4)36(42)43-3/h6-8,10-11,13-15,17-20,27,32-33H,5,9,12,16,21-26H2,1-4H3,(H,37,41)(H,38,40)/t27-,32-,33+/m0/s1. The monoisotopic (exact) mass is 619 g/mol. The molecule has 0 aliphatic carbocycles. The van der Waals surface area contributed by atoms with Crippen LogP contribution in [0.4, 0.5) is 0 Å². The van der Waals surface area contributed by atoms with E-state index < -0.39 is 12.0 Å². The summed E-state index contributed by atoms with van der Waals surface area (Å²) in [5.41, 5.74) is 2.40. The molecule has 238 valence electrons. The van der Waals surface area contributed by atoms with Gasteiger partial charge in [-0.3, -0.25) is 14.5 Å². The first-order chi connectivity index (χ1) is 21.3. The van der Waals surface area contributed by atoms with Gasteiger partial charge in [0.25, 0.3) is 0 Å². The molecule has 0 aromatic heterocycles. The zero-order valence-corrected chi connectivity index (χ0v) is 27.5. The fourth-order valence-corrected chi connectivity index (χ4v) is 5.87. The van der Waals surface area contributed by atoms with Gasteiger partial charge in [0.05, 0.1) is 13.7 Å². The van der Waals surface area contributed by atoms with Crippen LogP contribution in [0.15, 0.2) is 72.8 Å². The van der Waals surface area contributed by atoms with Gasteiger partial charge in [0.15, 0.2) is 0 Å². The largest absolute Gasteiger partial charge is 0.467 e. The summed E-state index contributed by atoms with van der Waals surface area (Å²) in [6.45, 7) is 5.40. The lowest BCUT2D eigenvalue weighted by atomic mass is 9.97. The zero-order chi connectivity index (χ0) is 31.7. The van der Waals surface area contributed by atoms with E-state index in [1.807, 2.05) is 42.7 Å². The lowest BCUT2D eigenvalue weighted by Crippen LogP contribution is -2.51. The van der Waals surface area contributed by atoms with Crippen LogP contribution in [-0.4, -0.2) is 67.0 Å². The first-order valence-corrected chi connectivity index (χ1v) is 17.1. The SMILES string of the molecule is CC[C@H](C)[C@@H](CN(CC(=O)N[C@@H](CCSC)C(=O)OC)Cc1cccc2ccccc12)NC(=O)CCCCc1ccccc1. The fraction of sp³-hybridized carbons (Fsp3) is 0.472. The van der Waals surface area contributed by atoms with Gasteiger partial charge in [-0.05, 0) is 65.5 Å². The topological polar surface area (TPSA) is 87.7 Å². The molecule has 44 heavy (non-hydrogen) atoms. The van der Waals surface area contributed by atoms with Crippen molar-refractivity contribution in [2.75, 3.05) is 32.2 Å². The number of nitrogens with one attached hydrogen (secondary N) is 2. The van der Waals surface area contributed by atoms with E-state index in [2.05, 4.69) is 65.8 Å². The number of hydrogen-bond acceptors (Lipinski definition) is 6. The highest BCUT2D eigenvalue weighted by Gasteiger charge is 2.26. The highest BCUT2D eigenvalue weighted by Crippen LogP contribution is 2.21. The minimum atomic E-state index is -0.694. The Morgan fingerprint density at radius 2 is 1.64 bits per heavy atom. The van der Waals surface area contributed by atoms with Gasteiger partial charge >= 0.3 is 5.97 Å². The minimum Gasteiger partial charge on any atom is -0.467 e. The maximum atomic E-state index is 13.4. The van der Waals surface area contributed by atoms with Gasteiger partial charge in [-0.25, -0.2) is 4.79 Å². The van der Waals surface area contributed by atoms with Crippen molar-refractivity contribution in [3.05, 3.63) is 83.9 Å². The van der Waals surface area contributed by atoms with Crippen molar-refractivity contribution in [2.24, 2.45) is 5.92 Å². The van der Waals surface area contributed by atoms with Gasteiger partial charge in [-0.1, -0.05) is 93.1 Å². The third-order valence-electron chi connectivity index (χ3n) is 8.17. The molecule has 0 fully saturated rings. The molecule has 0 radical (unpaired) electrons. The number of methoxy groups -OCH3 is 1. The molecule has 0 unspecified atom stereocenters. The average molecular weight is 620 g/mol. The molecule has 0 heterocycles. The Kier molecular flexibility index (Phi) is 15.3. The molecule has 0 bridgehead atoms. The maximum Gasteiger partial charge on any atom is 0.328 e. The minimum absolute atomic E-state index is 0.0424. The van der Waals surface area contributed by atoms with Crippen LogP contribution in [0.2, 0.25) is 0 Å². The van der Waals surface area contributed by atoms with Crippen LogP contribution in [0.5, 0.6) is 0 Å². The van der Waals surface area contributed by atoms with E-state index in [4.69, 9.17) is 4.74 Å². The van der Waals surface area contributed by atoms with E-state index in [9.17, 15) is 14.4 Å². The summed E-state index contributed by atoms with van der Waals surface area (Å²) in [5, 5.41) is 8.48. The molecule has 0 aliphatic rings. The molecular weight excluding hydrogens is 570 g/mol. The van der Waals surface area contributed by atoms with Crippen LogP contribution in [0.1, 0.15) is 57.1 Å². The van der Waals surface area contributed by atoms with Crippen molar-refractivity contribution in [1.29, 1.82) is 0 Å². The molecule has 0 saturated heterocycles. The molecule has 0 saturated carbocycles.